The minimum Gasteiger partial charge on any atom is -0.351 e. The van der Waals surface area contributed by atoms with Crippen molar-refractivity contribution < 1.29 is 9.59 Å². The number of urea groups is 1. The summed E-state index contributed by atoms with van der Waals surface area (Å²) in [5.74, 6) is 0.209. The number of amides is 3. The Kier molecular flexibility index (Phi) is 5.17. The second kappa shape index (κ2) is 7.69. The molecule has 6 heteroatoms. The third-order valence-corrected chi connectivity index (χ3v) is 6.31. The lowest BCUT2D eigenvalue weighted by molar-refractivity contribution is -0.131. The van der Waals surface area contributed by atoms with E-state index in [4.69, 9.17) is 5.73 Å². The van der Waals surface area contributed by atoms with Gasteiger partial charge in [-0.3, -0.25) is 4.79 Å². The van der Waals surface area contributed by atoms with E-state index in [1.54, 1.807) is 0 Å². The van der Waals surface area contributed by atoms with Crippen LogP contribution < -0.4 is 11.1 Å². The smallest absolute Gasteiger partial charge is 0.315 e. The van der Waals surface area contributed by atoms with Crippen LogP contribution >= 0.6 is 0 Å². The topological polar surface area (TPSA) is 88.3 Å². The third kappa shape index (κ3) is 3.52. The molecule has 4 rings (SSSR count). The van der Waals surface area contributed by atoms with Crippen molar-refractivity contribution in [3.63, 3.8) is 0 Å². The zero-order chi connectivity index (χ0) is 22.2. The first-order valence-corrected chi connectivity index (χ1v) is 10.6. The highest BCUT2D eigenvalue weighted by molar-refractivity contribution is 6.03. The number of fused-ring (bicyclic) bond motifs is 1. The molecule has 2 heterocycles. The van der Waals surface area contributed by atoms with E-state index in [9.17, 15) is 9.59 Å². The molecule has 1 aliphatic heterocycles. The molecule has 31 heavy (non-hydrogen) atoms. The number of likely N-dealkylation sites (tertiary alicyclic amines) is 1. The SMILES string of the molecule is CC(C)(C)C1(C(=O)Nc2cc(-c3ccccc3)c3ccccc3n2)CCCN1C(N)=O. The van der Waals surface area contributed by atoms with E-state index >= 15 is 0 Å². The number of anilines is 1. The van der Waals surface area contributed by atoms with Gasteiger partial charge in [0.25, 0.3) is 5.91 Å². The molecule has 3 N–H and O–H groups in total. The van der Waals surface area contributed by atoms with Crippen LogP contribution in [0.3, 0.4) is 0 Å². The summed E-state index contributed by atoms with van der Waals surface area (Å²) in [6.07, 6.45) is 1.29. The average Bonchev–Trinajstić information content (AvgIpc) is 3.21. The van der Waals surface area contributed by atoms with Crippen molar-refractivity contribution in [1.82, 2.24) is 9.88 Å². The number of nitrogens with two attached hydrogens (primary N) is 1. The first-order chi connectivity index (χ1) is 14.7. The number of aromatic nitrogens is 1. The van der Waals surface area contributed by atoms with E-state index in [2.05, 4.69) is 10.3 Å². The van der Waals surface area contributed by atoms with Gasteiger partial charge in [0.2, 0.25) is 0 Å². The van der Waals surface area contributed by atoms with Crippen molar-refractivity contribution in [3.8, 4) is 11.1 Å². The number of rotatable bonds is 3. The standard InChI is InChI=1S/C25H28N4O2/c1-24(2,3)25(14-9-15-29(25)23(26)31)22(30)28-21-16-19(17-10-5-4-6-11-17)18-12-7-8-13-20(18)27-21/h4-8,10-13,16H,9,14-15H2,1-3H3,(H2,26,31)(H,27,28,30). The summed E-state index contributed by atoms with van der Waals surface area (Å²) < 4.78 is 0. The van der Waals surface area contributed by atoms with Gasteiger partial charge in [-0.25, -0.2) is 9.78 Å². The van der Waals surface area contributed by atoms with E-state index in [1.807, 2.05) is 81.4 Å². The molecule has 0 aliphatic carbocycles. The maximum atomic E-state index is 13.7. The van der Waals surface area contributed by atoms with Crippen LogP contribution in [0.2, 0.25) is 0 Å². The summed E-state index contributed by atoms with van der Waals surface area (Å²) in [6, 6.07) is 19.2. The van der Waals surface area contributed by atoms with Crippen molar-refractivity contribution in [2.75, 3.05) is 11.9 Å². The number of carbonyl (C=O) groups excluding carboxylic acids is 2. The number of benzene rings is 2. The Balaban J connectivity index is 1.79. The van der Waals surface area contributed by atoms with Gasteiger partial charge in [0.15, 0.2) is 0 Å². The summed E-state index contributed by atoms with van der Waals surface area (Å²) >= 11 is 0. The molecule has 1 atom stereocenters. The number of pyridine rings is 1. The monoisotopic (exact) mass is 416 g/mol. The molecule has 160 valence electrons. The van der Waals surface area contributed by atoms with E-state index in [0.29, 0.717) is 18.8 Å². The lowest BCUT2D eigenvalue weighted by Gasteiger charge is -2.45. The Bertz CT molecular complexity index is 1140. The third-order valence-electron chi connectivity index (χ3n) is 6.31. The maximum absolute atomic E-state index is 13.7. The molecular weight excluding hydrogens is 388 g/mol. The molecule has 0 bridgehead atoms. The molecule has 6 nitrogen and oxygen atoms in total. The minimum absolute atomic E-state index is 0.252. The van der Waals surface area contributed by atoms with Gasteiger partial charge in [0.05, 0.1) is 5.52 Å². The van der Waals surface area contributed by atoms with E-state index in [-0.39, 0.29) is 5.91 Å². The Labute approximate surface area is 182 Å². The number of hydrogen-bond acceptors (Lipinski definition) is 3. The maximum Gasteiger partial charge on any atom is 0.315 e. The lowest BCUT2D eigenvalue weighted by atomic mass is 9.71. The van der Waals surface area contributed by atoms with Gasteiger partial charge < -0.3 is 16.0 Å². The highest BCUT2D eigenvalue weighted by atomic mass is 16.2. The molecule has 0 saturated carbocycles. The highest BCUT2D eigenvalue weighted by Gasteiger charge is 2.56. The van der Waals surface area contributed by atoms with Crippen LogP contribution in [0.25, 0.3) is 22.0 Å². The fourth-order valence-corrected chi connectivity index (χ4v) is 4.79. The fraction of sp³-hybridized carbons (Fsp3) is 0.320. The number of para-hydroxylation sites is 1. The van der Waals surface area contributed by atoms with Crippen LogP contribution in [0.1, 0.15) is 33.6 Å². The number of nitrogens with one attached hydrogen (secondary N) is 1. The normalized spacial score (nSPS) is 18.9. The summed E-state index contributed by atoms with van der Waals surface area (Å²) in [7, 11) is 0. The molecule has 0 radical (unpaired) electrons. The summed E-state index contributed by atoms with van der Waals surface area (Å²) in [5, 5.41) is 4.03. The Morgan fingerprint density at radius 1 is 1.06 bits per heavy atom. The van der Waals surface area contributed by atoms with Gasteiger partial charge in [-0.15, -0.1) is 0 Å². The second-order valence-electron chi connectivity index (χ2n) is 9.10. The first-order valence-electron chi connectivity index (χ1n) is 10.6. The predicted octanol–water partition coefficient (Wildman–Crippen LogP) is 4.80. The zero-order valence-electron chi connectivity index (χ0n) is 18.2. The minimum atomic E-state index is -1.03. The quantitative estimate of drug-likeness (QED) is 0.643. The second-order valence-corrected chi connectivity index (χ2v) is 9.10. The molecular formula is C25H28N4O2. The van der Waals surface area contributed by atoms with Gasteiger partial charge in [0, 0.05) is 11.9 Å². The Morgan fingerprint density at radius 2 is 1.74 bits per heavy atom. The largest absolute Gasteiger partial charge is 0.351 e. The van der Waals surface area contributed by atoms with E-state index < -0.39 is 17.0 Å². The van der Waals surface area contributed by atoms with Crippen LogP contribution in [0.4, 0.5) is 10.6 Å². The van der Waals surface area contributed by atoms with Gasteiger partial charge in [-0.1, -0.05) is 69.3 Å². The number of carbonyl (C=O) groups is 2. The molecule has 1 aromatic heterocycles. The van der Waals surface area contributed by atoms with E-state index in [1.165, 1.54) is 4.90 Å². The van der Waals surface area contributed by atoms with Crippen molar-refractivity contribution in [2.45, 2.75) is 39.2 Å². The van der Waals surface area contributed by atoms with E-state index in [0.717, 1.165) is 28.5 Å². The lowest BCUT2D eigenvalue weighted by Crippen LogP contribution is -2.63. The van der Waals surface area contributed by atoms with Crippen molar-refractivity contribution in [3.05, 3.63) is 60.7 Å². The predicted molar refractivity (Wildman–Crippen MR) is 124 cm³/mol. The van der Waals surface area contributed by atoms with Crippen molar-refractivity contribution in [1.29, 1.82) is 0 Å². The first kappa shape index (κ1) is 20.8. The molecule has 3 aromatic rings. The van der Waals surface area contributed by atoms with Crippen LogP contribution in [0.5, 0.6) is 0 Å². The van der Waals surface area contributed by atoms with Gasteiger partial charge in [-0.2, -0.15) is 0 Å². The number of primary amides is 1. The molecule has 1 saturated heterocycles. The molecule has 1 aliphatic rings. The van der Waals surface area contributed by atoms with Gasteiger partial charge in [-0.05, 0) is 41.5 Å². The van der Waals surface area contributed by atoms with Crippen LogP contribution in [0.15, 0.2) is 60.7 Å². The Morgan fingerprint density at radius 3 is 2.42 bits per heavy atom. The van der Waals surface area contributed by atoms with Crippen molar-refractivity contribution in [2.24, 2.45) is 11.1 Å². The summed E-state index contributed by atoms with van der Waals surface area (Å²) in [6.45, 7) is 6.38. The average molecular weight is 417 g/mol. The summed E-state index contributed by atoms with van der Waals surface area (Å²) in [5.41, 5.74) is 6.97. The zero-order valence-corrected chi connectivity index (χ0v) is 18.2. The molecule has 2 aromatic carbocycles. The number of hydrogen-bond donors (Lipinski definition) is 2. The fourth-order valence-electron chi connectivity index (χ4n) is 4.79. The molecule has 0 spiro atoms. The Hall–Kier alpha value is -3.41. The van der Waals surface area contributed by atoms with Crippen molar-refractivity contribution >= 4 is 28.7 Å². The van der Waals surface area contributed by atoms with Crippen LogP contribution in [-0.4, -0.2) is 33.9 Å². The molecule has 1 unspecified atom stereocenters. The van der Waals surface area contributed by atoms with Gasteiger partial charge >= 0.3 is 6.03 Å². The highest BCUT2D eigenvalue weighted by Crippen LogP contribution is 2.44. The molecule has 3 amide bonds. The van der Waals surface area contributed by atoms with Gasteiger partial charge in [0.1, 0.15) is 11.4 Å². The number of nitrogens with zero attached hydrogens (tertiary/aromatic N) is 2. The molecule has 1 fully saturated rings. The van der Waals surface area contributed by atoms with Crippen LogP contribution in [-0.2, 0) is 4.79 Å². The summed E-state index contributed by atoms with van der Waals surface area (Å²) in [4.78, 5) is 32.1. The van der Waals surface area contributed by atoms with Crippen LogP contribution in [0, 0.1) is 5.41 Å².